The molecule has 2 aromatic rings. The zero-order valence-corrected chi connectivity index (χ0v) is 23.1. The van der Waals surface area contributed by atoms with Crippen LogP contribution in [0, 0.1) is 0 Å². The summed E-state index contributed by atoms with van der Waals surface area (Å²) >= 11 is 4.55. The minimum atomic E-state index is -1.50. The van der Waals surface area contributed by atoms with Crippen LogP contribution in [-0.4, -0.2) is 68.2 Å². The summed E-state index contributed by atoms with van der Waals surface area (Å²) in [6.45, 7) is 7.18. The predicted molar refractivity (Wildman–Crippen MR) is 135 cm³/mol. The number of nitrogens with zero attached hydrogens (tertiary/aromatic N) is 3. The van der Waals surface area contributed by atoms with Gasteiger partial charge < -0.3 is 19.7 Å². The van der Waals surface area contributed by atoms with Gasteiger partial charge in [0.25, 0.3) is 5.91 Å². The van der Waals surface area contributed by atoms with Gasteiger partial charge in [-0.3, -0.25) is 9.59 Å². The van der Waals surface area contributed by atoms with Crippen molar-refractivity contribution >= 4 is 53.7 Å². The standard InChI is InChI=1S/C22H29BrN4O5SSi/c1-31-17-7-5-16(6-8-17)11-26(14-28)13-22(19-24-18(23)12-33-19)20(29)27(21(30)25-22)15-32-9-10-34(2,3)4/h5-8,12,14H,9-11,13,15H2,1-4H3,(H,25,30)/t22-/m0/s1. The number of methoxy groups -OCH3 is 1. The molecule has 1 aliphatic rings. The van der Waals surface area contributed by atoms with E-state index >= 15 is 0 Å². The number of ether oxygens (including phenoxy) is 2. The van der Waals surface area contributed by atoms with E-state index < -0.39 is 25.6 Å². The van der Waals surface area contributed by atoms with Gasteiger partial charge in [0.05, 0.1) is 13.7 Å². The van der Waals surface area contributed by atoms with Crippen LogP contribution in [0.25, 0.3) is 0 Å². The van der Waals surface area contributed by atoms with Crippen LogP contribution in [0.1, 0.15) is 10.6 Å². The molecule has 2 heterocycles. The topological polar surface area (TPSA) is 101 Å². The number of imide groups is 1. The lowest BCUT2D eigenvalue weighted by Crippen LogP contribution is -2.52. The number of hydrogen-bond acceptors (Lipinski definition) is 7. The average Bonchev–Trinajstić information content (AvgIpc) is 3.33. The predicted octanol–water partition coefficient (Wildman–Crippen LogP) is 3.63. The molecular formula is C22H29BrN4O5SSi. The molecule has 0 unspecified atom stereocenters. The lowest BCUT2D eigenvalue weighted by molar-refractivity contribution is -0.136. The third-order valence-corrected chi connectivity index (χ3v) is 8.79. The van der Waals surface area contributed by atoms with E-state index in [9.17, 15) is 14.4 Å². The Morgan fingerprint density at radius 3 is 2.53 bits per heavy atom. The van der Waals surface area contributed by atoms with E-state index in [-0.39, 0.29) is 19.8 Å². The smallest absolute Gasteiger partial charge is 0.327 e. The number of aromatic nitrogens is 1. The molecule has 12 heteroatoms. The van der Waals surface area contributed by atoms with Crippen molar-refractivity contribution in [2.75, 3.05) is 27.0 Å². The number of benzene rings is 1. The van der Waals surface area contributed by atoms with Gasteiger partial charge in [-0.05, 0) is 39.7 Å². The van der Waals surface area contributed by atoms with Gasteiger partial charge in [-0.1, -0.05) is 31.8 Å². The second-order valence-electron chi connectivity index (χ2n) is 9.25. The maximum absolute atomic E-state index is 13.6. The summed E-state index contributed by atoms with van der Waals surface area (Å²) in [6, 6.07) is 7.63. The Bertz CT molecular complexity index is 1030. The average molecular weight is 570 g/mol. The largest absolute Gasteiger partial charge is 0.497 e. The van der Waals surface area contributed by atoms with Crippen LogP contribution in [0.4, 0.5) is 4.79 Å². The molecule has 1 saturated heterocycles. The van der Waals surface area contributed by atoms with Crippen LogP contribution < -0.4 is 10.1 Å². The molecule has 1 fully saturated rings. The van der Waals surface area contributed by atoms with E-state index in [0.717, 1.165) is 16.5 Å². The van der Waals surface area contributed by atoms with E-state index in [1.165, 1.54) is 16.2 Å². The number of carbonyl (C=O) groups is 3. The summed E-state index contributed by atoms with van der Waals surface area (Å²) in [4.78, 5) is 45.3. The van der Waals surface area contributed by atoms with Crippen molar-refractivity contribution in [1.82, 2.24) is 20.1 Å². The number of thiazole rings is 1. The van der Waals surface area contributed by atoms with Gasteiger partial charge in [0.15, 0.2) is 5.54 Å². The Morgan fingerprint density at radius 2 is 1.97 bits per heavy atom. The van der Waals surface area contributed by atoms with Crippen LogP contribution >= 0.6 is 27.3 Å². The lowest BCUT2D eigenvalue weighted by Gasteiger charge is -2.30. The molecule has 4 amide bonds. The molecule has 3 rings (SSSR count). The van der Waals surface area contributed by atoms with Gasteiger partial charge in [-0.2, -0.15) is 0 Å². The minimum absolute atomic E-state index is 0.0710. The highest BCUT2D eigenvalue weighted by Gasteiger charge is 2.55. The SMILES string of the molecule is COc1ccc(CN(C=O)C[C@@]2(c3nc(Br)cs3)NC(=O)N(COCC[Si](C)(C)C)C2=O)cc1. The van der Waals surface area contributed by atoms with E-state index in [1.54, 1.807) is 24.6 Å². The quantitative estimate of drug-likeness (QED) is 0.181. The Labute approximate surface area is 212 Å². The highest BCUT2D eigenvalue weighted by atomic mass is 79.9. The van der Waals surface area contributed by atoms with Crippen LogP contribution in [0.2, 0.25) is 25.7 Å². The fraction of sp³-hybridized carbons (Fsp3) is 0.455. The Kier molecular flexibility index (Phi) is 8.50. The first-order valence-corrected chi connectivity index (χ1v) is 16.1. The molecule has 1 aromatic heterocycles. The van der Waals surface area contributed by atoms with Gasteiger partial charge in [0.2, 0.25) is 6.41 Å². The molecule has 0 radical (unpaired) electrons. The lowest BCUT2D eigenvalue weighted by atomic mass is 9.99. The molecular weight excluding hydrogens is 540 g/mol. The van der Waals surface area contributed by atoms with E-state index in [4.69, 9.17) is 9.47 Å². The fourth-order valence-corrected chi connectivity index (χ4v) is 5.60. The molecule has 1 atom stereocenters. The number of halogens is 1. The molecule has 184 valence electrons. The maximum Gasteiger partial charge on any atom is 0.327 e. The second-order valence-corrected chi connectivity index (χ2v) is 16.5. The molecule has 1 aromatic carbocycles. The third-order valence-electron chi connectivity index (χ3n) is 5.37. The zero-order valence-electron chi connectivity index (χ0n) is 19.7. The number of amides is 4. The molecule has 0 spiro atoms. The summed E-state index contributed by atoms with van der Waals surface area (Å²) in [5.41, 5.74) is -0.643. The van der Waals surface area contributed by atoms with Crippen molar-refractivity contribution in [1.29, 1.82) is 0 Å². The molecule has 0 saturated carbocycles. The highest BCUT2D eigenvalue weighted by molar-refractivity contribution is 9.10. The molecule has 1 N–H and O–H groups in total. The highest BCUT2D eigenvalue weighted by Crippen LogP contribution is 2.34. The summed E-state index contributed by atoms with van der Waals surface area (Å²) in [5.74, 6) is 0.211. The second kappa shape index (κ2) is 11.0. The van der Waals surface area contributed by atoms with E-state index in [1.807, 2.05) is 12.1 Å². The summed E-state index contributed by atoms with van der Waals surface area (Å²) in [7, 11) is 0.269. The normalized spacial score (nSPS) is 18.2. The van der Waals surface area contributed by atoms with E-state index in [0.29, 0.717) is 28.4 Å². The Morgan fingerprint density at radius 1 is 1.26 bits per heavy atom. The first kappa shape index (κ1) is 26.3. The van der Waals surface area contributed by atoms with Crippen LogP contribution in [0.5, 0.6) is 5.75 Å². The van der Waals surface area contributed by atoms with Crippen molar-refractivity contribution in [3.05, 3.63) is 44.8 Å². The van der Waals surface area contributed by atoms with Crippen molar-refractivity contribution in [2.45, 2.75) is 37.8 Å². The van der Waals surface area contributed by atoms with Crippen molar-refractivity contribution in [3.63, 3.8) is 0 Å². The Balaban J connectivity index is 1.81. The number of carbonyl (C=O) groups excluding carboxylic acids is 3. The fourth-order valence-electron chi connectivity index (χ4n) is 3.45. The van der Waals surface area contributed by atoms with Crippen LogP contribution in [-0.2, 0) is 26.4 Å². The first-order chi connectivity index (χ1) is 16.1. The Hall–Kier alpha value is -2.28. The maximum atomic E-state index is 13.6. The van der Waals surface area contributed by atoms with Crippen molar-refractivity contribution in [2.24, 2.45) is 0 Å². The third kappa shape index (κ3) is 6.23. The van der Waals surface area contributed by atoms with Crippen molar-refractivity contribution < 1.29 is 23.9 Å². The minimum Gasteiger partial charge on any atom is -0.497 e. The molecule has 1 aliphatic heterocycles. The molecule has 9 nitrogen and oxygen atoms in total. The molecule has 0 bridgehead atoms. The molecule has 0 aliphatic carbocycles. The monoisotopic (exact) mass is 568 g/mol. The van der Waals surface area contributed by atoms with Gasteiger partial charge in [0, 0.05) is 26.6 Å². The first-order valence-electron chi connectivity index (χ1n) is 10.7. The van der Waals surface area contributed by atoms with E-state index in [2.05, 4.69) is 45.9 Å². The number of urea groups is 1. The number of nitrogens with one attached hydrogen (secondary N) is 1. The van der Waals surface area contributed by atoms with Crippen LogP contribution in [0.15, 0.2) is 34.2 Å². The number of rotatable bonds is 12. The van der Waals surface area contributed by atoms with Gasteiger partial charge in [-0.25, -0.2) is 14.7 Å². The zero-order chi connectivity index (χ0) is 24.9. The van der Waals surface area contributed by atoms with Gasteiger partial charge in [0.1, 0.15) is 22.1 Å². The van der Waals surface area contributed by atoms with Gasteiger partial charge in [-0.15, -0.1) is 11.3 Å². The molecule has 34 heavy (non-hydrogen) atoms. The summed E-state index contributed by atoms with van der Waals surface area (Å²) in [5, 5.41) is 4.92. The van der Waals surface area contributed by atoms with Crippen molar-refractivity contribution in [3.8, 4) is 5.75 Å². The summed E-state index contributed by atoms with van der Waals surface area (Å²) in [6.07, 6.45) is 0.668. The van der Waals surface area contributed by atoms with Gasteiger partial charge >= 0.3 is 6.03 Å². The van der Waals surface area contributed by atoms with Crippen LogP contribution in [0.3, 0.4) is 0 Å². The summed E-state index contributed by atoms with van der Waals surface area (Å²) < 4.78 is 11.4. The number of hydrogen-bond donors (Lipinski definition) is 1.